The summed E-state index contributed by atoms with van der Waals surface area (Å²) in [5, 5.41) is 2.20. The lowest BCUT2D eigenvalue weighted by molar-refractivity contribution is 0.0956. The predicted octanol–water partition coefficient (Wildman–Crippen LogP) is 0.493. The van der Waals surface area contributed by atoms with E-state index in [1.54, 1.807) is 32.4 Å². The minimum absolute atomic E-state index is 0.364. The SMILES string of the molecule is CN(C)C(=O)NC(=O)c1cccnc1. The van der Waals surface area contributed by atoms with E-state index in [-0.39, 0.29) is 0 Å². The highest BCUT2D eigenvalue weighted by atomic mass is 16.2. The minimum atomic E-state index is -0.447. The number of aromatic nitrogens is 1. The Hall–Kier alpha value is -1.91. The molecule has 0 aliphatic carbocycles. The number of nitrogens with one attached hydrogen (secondary N) is 1. The van der Waals surface area contributed by atoms with Crippen molar-refractivity contribution in [2.45, 2.75) is 0 Å². The van der Waals surface area contributed by atoms with Gasteiger partial charge in [-0.3, -0.25) is 15.1 Å². The Labute approximate surface area is 81.7 Å². The topological polar surface area (TPSA) is 62.3 Å². The van der Waals surface area contributed by atoms with Crippen molar-refractivity contribution in [2.75, 3.05) is 14.1 Å². The summed E-state index contributed by atoms with van der Waals surface area (Å²) in [6.45, 7) is 0. The third-order valence-corrected chi connectivity index (χ3v) is 1.55. The van der Waals surface area contributed by atoms with Crippen molar-refractivity contribution in [3.63, 3.8) is 0 Å². The predicted molar refractivity (Wildman–Crippen MR) is 50.8 cm³/mol. The first-order valence-electron chi connectivity index (χ1n) is 4.04. The Bertz CT molecular complexity index is 335. The van der Waals surface area contributed by atoms with Gasteiger partial charge < -0.3 is 4.90 Å². The number of pyridine rings is 1. The highest BCUT2D eigenvalue weighted by molar-refractivity contribution is 6.03. The molecule has 1 N–H and O–H groups in total. The molecule has 1 rings (SSSR count). The molecule has 1 heterocycles. The molecular formula is C9H11N3O2. The van der Waals surface area contributed by atoms with E-state index in [2.05, 4.69) is 10.3 Å². The van der Waals surface area contributed by atoms with Crippen molar-refractivity contribution in [1.82, 2.24) is 15.2 Å². The molecule has 1 aromatic heterocycles. The van der Waals surface area contributed by atoms with E-state index in [0.717, 1.165) is 0 Å². The van der Waals surface area contributed by atoms with Crippen molar-refractivity contribution >= 4 is 11.9 Å². The maximum absolute atomic E-state index is 11.4. The number of carbonyl (C=O) groups excluding carboxylic acids is 2. The minimum Gasteiger partial charge on any atom is -0.331 e. The first-order chi connectivity index (χ1) is 6.61. The maximum Gasteiger partial charge on any atom is 0.323 e. The van der Waals surface area contributed by atoms with E-state index in [1.807, 2.05) is 0 Å². The van der Waals surface area contributed by atoms with E-state index >= 15 is 0 Å². The lowest BCUT2D eigenvalue weighted by atomic mass is 10.3. The molecule has 74 valence electrons. The van der Waals surface area contributed by atoms with Gasteiger partial charge in [0.05, 0.1) is 5.56 Å². The number of urea groups is 1. The van der Waals surface area contributed by atoms with Crippen molar-refractivity contribution in [3.05, 3.63) is 30.1 Å². The van der Waals surface area contributed by atoms with Crippen molar-refractivity contribution in [2.24, 2.45) is 0 Å². The number of hydrogen-bond acceptors (Lipinski definition) is 3. The molecule has 0 bridgehead atoms. The summed E-state index contributed by atoms with van der Waals surface area (Å²) >= 11 is 0. The van der Waals surface area contributed by atoms with Crippen LogP contribution in [0.3, 0.4) is 0 Å². The number of imide groups is 1. The molecule has 5 nitrogen and oxygen atoms in total. The van der Waals surface area contributed by atoms with Gasteiger partial charge in [-0.05, 0) is 12.1 Å². The first-order valence-corrected chi connectivity index (χ1v) is 4.04. The molecule has 0 fully saturated rings. The second kappa shape index (κ2) is 4.36. The van der Waals surface area contributed by atoms with Crippen LogP contribution in [-0.4, -0.2) is 35.9 Å². The summed E-state index contributed by atoms with van der Waals surface area (Å²) in [7, 11) is 3.12. The highest BCUT2D eigenvalue weighted by Crippen LogP contribution is 1.95. The van der Waals surface area contributed by atoms with Gasteiger partial charge in [-0.15, -0.1) is 0 Å². The van der Waals surface area contributed by atoms with Crippen LogP contribution in [0.15, 0.2) is 24.5 Å². The Morgan fingerprint density at radius 3 is 2.64 bits per heavy atom. The molecular weight excluding hydrogens is 182 g/mol. The van der Waals surface area contributed by atoms with Crippen molar-refractivity contribution in [1.29, 1.82) is 0 Å². The summed E-state index contributed by atoms with van der Waals surface area (Å²) in [5.74, 6) is -0.447. The molecule has 14 heavy (non-hydrogen) atoms. The number of amides is 3. The lowest BCUT2D eigenvalue weighted by Crippen LogP contribution is -2.38. The normalized spacial score (nSPS) is 9.29. The Morgan fingerprint density at radius 1 is 1.43 bits per heavy atom. The third kappa shape index (κ3) is 2.55. The summed E-state index contributed by atoms with van der Waals surface area (Å²) in [6.07, 6.45) is 2.96. The van der Waals surface area contributed by atoms with Gasteiger partial charge in [0.1, 0.15) is 0 Å². The Morgan fingerprint density at radius 2 is 2.14 bits per heavy atom. The van der Waals surface area contributed by atoms with Gasteiger partial charge in [0.2, 0.25) is 0 Å². The van der Waals surface area contributed by atoms with Crippen LogP contribution in [0.2, 0.25) is 0 Å². The summed E-state index contributed by atoms with van der Waals surface area (Å²) in [4.78, 5) is 27.5. The standard InChI is InChI=1S/C9H11N3O2/c1-12(2)9(14)11-8(13)7-4-3-5-10-6-7/h3-6H,1-2H3,(H,11,13,14). The molecule has 0 atom stereocenters. The fourth-order valence-electron chi connectivity index (χ4n) is 0.778. The van der Waals surface area contributed by atoms with E-state index in [0.29, 0.717) is 5.56 Å². The maximum atomic E-state index is 11.4. The van der Waals surface area contributed by atoms with E-state index < -0.39 is 11.9 Å². The smallest absolute Gasteiger partial charge is 0.323 e. The number of rotatable bonds is 1. The van der Waals surface area contributed by atoms with Crippen LogP contribution in [0.4, 0.5) is 4.79 Å². The van der Waals surface area contributed by atoms with Gasteiger partial charge in [-0.2, -0.15) is 0 Å². The molecule has 0 aliphatic rings. The van der Waals surface area contributed by atoms with Crippen LogP contribution in [0.25, 0.3) is 0 Å². The molecule has 0 aliphatic heterocycles. The summed E-state index contributed by atoms with van der Waals surface area (Å²) < 4.78 is 0. The Balaban J connectivity index is 2.65. The van der Waals surface area contributed by atoms with Crippen molar-refractivity contribution in [3.8, 4) is 0 Å². The molecule has 0 radical (unpaired) electrons. The zero-order chi connectivity index (χ0) is 10.6. The van der Waals surface area contributed by atoms with Crippen LogP contribution in [-0.2, 0) is 0 Å². The molecule has 0 saturated carbocycles. The molecule has 5 heteroatoms. The van der Waals surface area contributed by atoms with Gasteiger partial charge >= 0.3 is 6.03 Å². The van der Waals surface area contributed by atoms with Gasteiger partial charge in [0, 0.05) is 26.5 Å². The summed E-state index contributed by atoms with van der Waals surface area (Å²) in [5.41, 5.74) is 0.364. The van der Waals surface area contributed by atoms with Crippen LogP contribution in [0.1, 0.15) is 10.4 Å². The zero-order valence-corrected chi connectivity index (χ0v) is 8.02. The second-order valence-electron chi connectivity index (χ2n) is 2.90. The molecule has 1 aromatic rings. The molecule has 0 unspecified atom stereocenters. The van der Waals surface area contributed by atoms with E-state index in [9.17, 15) is 9.59 Å². The summed E-state index contributed by atoms with van der Waals surface area (Å²) in [6, 6.07) is 2.78. The largest absolute Gasteiger partial charge is 0.331 e. The molecule has 0 aromatic carbocycles. The number of hydrogen-bond donors (Lipinski definition) is 1. The van der Waals surface area contributed by atoms with Crippen LogP contribution >= 0.6 is 0 Å². The molecule has 3 amide bonds. The van der Waals surface area contributed by atoms with Crippen LogP contribution in [0.5, 0.6) is 0 Å². The van der Waals surface area contributed by atoms with E-state index in [4.69, 9.17) is 0 Å². The first kappa shape index (κ1) is 10.2. The lowest BCUT2D eigenvalue weighted by Gasteiger charge is -2.10. The number of carbonyl (C=O) groups is 2. The fraction of sp³-hybridized carbons (Fsp3) is 0.222. The van der Waals surface area contributed by atoms with Crippen LogP contribution in [0, 0.1) is 0 Å². The van der Waals surface area contributed by atoms with Gasteiger partial charge in [-0.1, -0.05) is 0 Å². The van der Waals surface area contributed by atoms with Gasteiger partial charge in [0.15, 0.2) is 0 Å². The highest BCUT2D eigenvalue weighted by Gasteiger charge is 2.10. The average molecular weight is 193 g/mol. The number of nitrogens with zero attached hydrogens (tertiary/aromatic N) is 2. The van der Waals surface area contributed by atoms with Crippen LogP contribution < -0.4 is 5.32 Å². The second-order valence-corrected chi connectivity index (χ2v) is 2.90. The third-order valence-electron chi connectivity index (χ3n) is 1.55. The van der Waals surface area contributed by atoms with Crippen molar-refractivity contribution < 1.29 is 9.59 Å². The monoisotopic (exact) mass is 193 g/mol. The Kier molecular flexibility index (Phi) is 3.17. The molecule has 0 spiro atoms. The quantitative estimate of drug-likeness (QED) is 0.706. The zero-order valence-electron chi connectivity index (χ0n) is 8.02. The van der Waals surface area contributed by atoms with Gasteiger partial charge in [0.25, 0.3) is 5.91 Å². The van der Waals surface area contributed by atoms with E-state index in [1.165, 1.54) is 11.1 Å². The average Bonchev–Trinajstić information content (AvgIpc) is 2.19. The molecule has 0 saturated heterocycles. The fourth-order valence-corrected chi connectivity index (χ4v) is 0.778. The van der Waals surface area contributed by atoms with Gasteiger partial charge in [-0.25, -0.2) is 4.79 Å².